The maximum atomic E-state index is 4.38. The molecule has 0 atom stereocenters. The van der Waals surface area contributed by atoms with E-state index in [0.717, 1.165) is 41.2 Å². The van der Waals surface area contributed by atoms with Crippen molar-refractivity contribution < 1.29 is 0 Å². The summed E-state index contributed by atoms with van der Waals surface area (Å²) >= 11 is 1.74. The minimum atomic E-state index is 0.625. The molecule has 0 bridgehead atoms. The molecule has 0 aliphatic heterocycles. The maximum Gasteiger partial charge on any atom is 0.138 e. The Morgan fingerprint density at radius 3 is 3.09 bits per heavy atom. The van der Waals surface area contributed by atoms with Crippen molar-refractivity contribution in [3.05, 3.63) is 29.4 Å². The van der Waals surface area contributed by atoms with E-state index in [4.69, 9.17) is 0 Å². The SMILES string of the molecule is CCc1cc2c(NCCc3nncn3C3CC3)ncnc2s1. The number of nitrogens with zero attached hydrogens (tertiary/aromatic N) is 5. The number of nitrogens with one attached hydrogen (secondary N) is 1. The topological polar surface area (TPSA) is 68.5 Å². The van der Waals surface area contributed by atoms with Gasteiger partial charge in [0, 0.05) is 23.9 Å². The molecule has 22 heavy (non-hydrogen) atoms. The first-order chi connectivity index (χ1) is 10.8. The summed E-state index contributed by atoms with van der Waals surface area (Å²) in [4.78, 5) is 11.1. The normalized spacial score (nSPS) is 14.6. The van der Waals surface area contributed by atoms with Crippen LogP contribution in [-0.4, -0.2) is 31.3 Å². The van der Waals surface area contributed by atoms with Crippen LogP contribution < -0.4 is 5.32 Å². The standard InChI is InChI=1S/C15H18N6S/c1-2-11-7-12-14(17-8-18-15(12)22-11)16-6-5-13-20-19-9-21(13)10-3-4-10/h7-10H,2-6H2,1H3,(H,16,17,18). The first-order valence-corrected chi connectivity index (χ1v) is 8.52. The number of rotatable bonds is 6. The zero-order valence-electron chi connectivity index (χ0n) is 12.5. The van der Waals surface area contributed by atoms with Crippen molar-refractivity contribution >= 4 is 27.4 Å². The van der Waals surface area contributed by atoms with Crippen molar-refractivity contribution in [3.8, 4) is 0 Å². The summed E-state index contributed by atoms with van der Waals surface area (Å²) in [5.74, 6) is 1.97. The largest absolute Gasteiger partial charge is 0.369 e. The van der Waals surface area contributed by atoms with Gasteiger partial charge in [-0.05, 0) is 25.3 Å². The van der Waals surface area contributed by atoms with E-state index in [1.54, 1.807) is 17.7 Å². The molecule has 7 heteroatoms. The van der Waals surface area contributed by atoms with E-state index in [9.17, 15) is 0 Å². The monoisotopic (exact) mass is 314 g/mol. The summed E-state index contributed by atoms with van der Waals surface area (Å²) in [6.45, 7) is 2.96. The summed E-state index contributed by atoms with van der Waals surface area (Å²) in [6.07, 6.45) is 7.87. The summed E-state index contributed by atoms with van der Waals surface area (Å²) in [5.41, 5.74) is 0. The van der Waals surface area contributed by atoms with Crippen molar-refractivity contribution in [3.63, 3.8) is 0 Å². The van der Waals surface area contributed by atoms with Crippen LogP contribution in [0.2, 0.25) is 0 Å². The van der Waals surface area contributed by atoms with Crippen molar-refractivity contribution in [2.24, 2.45) is 0 Å². The Bertz CT molecular complexity index is 788. The number of thiophene rings is 1. The minimum absolute atomic E-state index is 0.625. The molecule has 6 nitrogen and oxygen atoms in total. The molecular formula is C15H18N6S. The first kappa shape index (κ1) is 13.6. The number of aryl methyl sites for hydroxylation is 1. The highest BCUT2D eigenvalue weighted by Crippen LogP contribution is 2.35. The molecule has 1 N–H and O–H groups in total. The molecule has 3 heterocycles. The van der Waals surface area contributed by atoms with Crippen molar-refractivity contribution in [1.29, 1.82) is 0 Å². The summed E-state index contributed by atoms with van der Waals surface area (Å²) in [7, 11) is 0. The molecule has 0 amide bonds. The van der Waals surface area contributed by atoms with Crippen molar-refractivity contribution in [2.45, 2.75) is 38.6 Å². The van der Waals surface area contributed by atoms with Crippen LogP contribution in [0.5, 0.6) is 0 Å². The second-order valence-corrected chi connectivity index (χ2v) is 6.68. The lowest BCUT2D eigenvalue weighted by Gasteiger charge is -2.07. The summed E-state index contributed by atoms with van der Waals surface area (Å²) in [6, 6.07) is 2.81. The molecule has 0 spiro atoms. The maximum absolute atomic E-state index is 4.38. The van der Waals surface area contributed by atoms with Crippen LogP contribution in [0.3, 0.4) is 0 Å². The zero-order chi connectivity index (χ0) is 14.9. The molecule has 3 aromatic rings. The van der Waals surface area contributed by atoms with Gasteiger partial charge in [-0.2, -0.15) is 0 Å². The lowest BCUT2D eigenvalue weighted by Crippen LogP contribution is -2.10. The summed E-state index contributed by atoms with van der Waals surface area (Å²) < 4.78 is 2.21. The molecule has 114 valence electrons. The Morgan fingerprint density at radius 1 is 1.36 bits per heavy atom. The van der Waals surface area contributed by atoms with Gasteiger partial charge in [0.2, 0.25) is 0 Å². The Hall–Kier alpha value is -2.02. The molecule has 0 unspecified atom stereocenters. The van der Waals surface area contributed by atoms with Gasteiger partial charge in [0.05, 0.1) is 5.39 Å². The van der Waals surface area contributed by atoms with Crippen LogP contribution in [0, 0.1) is 0 Å². The van der Waals surface area contributed by atoms with E-state index >= 15 is 0 Å². The highest BCUT2D eigenvalue weighted by molar-refractivity contribution is 7.18. The fourth-order valence-electron chi connectivity index (χ4n) is 2.62. The van der Waals surface area contributed by atoms with Gasteiger partial charge in [0.1, 0.15) is 29.1 Å². The third-order valence-electron chi connectivity index (χ3n) is 3.96. The number of aromatic nitrogens is 5. The third kappa shape index (κ3) is 2.56. The smallest absolute Gasteiger partial charge is 0.138 e. The minimum Gasteiger partial charge on any atom is -0.369 e. The third-order valence-corrected chi connectivity index (χ3v) is 5.14. The molecule has 0 aromatic carbocycles. The Kier molecular flexibility index (Phi) is 3.49. The number of anilines is 1. The molecular weight excluding hydrogens is 296 g/mol. The van der Waals surface area contributed by atoms with Gasteiger partial charge in [-0.3, -0.25) is 0 Å². The molecule has 1 aliphatic carbocycles. The van der Waals surface area contributed by atoms with Gasteiger partial charge in [-0.25, -0.2) is 9.97 Å². The van der Waals surface area contributed by atoms with Crippen LogP contribution in [0.4, 0.5) is 5.82 Å². The molecule has 0 radical (unpaired) electrons. The van der Waals surface area contributed by atoms with E-state index in [-0.39, 0.29) is 0 Å². The predicted octanol–water partition coefficient (Wildman–Crippen LogP) is 2.83. The average molecular weight is 314 g/mol. The second-order valence-electron chi connectivity index (χ2n) is 5.57. The molecule has 1 fully saturated rings. The van der Waals surface area contributed by atoms with Crippen LogP contribution in [0.15, 0.2) is 18.7 Å². The van der Waals surface area contributed by atoms with E-state index < -0.39 is 0 Å². The van der Waals surface area contributed by atoms with E-state index in [1.165, 1.54) is 17.7 Å². The first-order valence-electron chi connectivity index (χ1n) is 7.71. The number of hydrogen-bond acceptors (Lipinski definition) is 6. The van der Waals surface area contributed by atoms with E-state index in [2.05, 4.69) is 43.0 Å². The quantitative estimate of drug-likeness (QED) is 0.757. The van der Waals surface area contributed by atoms with Gasteiger partial charge in [-0.1, -0.05) is 6.92 Å². The van der Waals surface area contributed by atoms with Crippen LogP contribution >= 0.6 is 11.3 Å². The van der Waals surface area contributed by atoms with Crippen LogP contribution in [0.25, 0.3) is 10.2 Å². The fraction of sp³-hybridized carbons (Fsp3) is 0.467. The van der Waals surface area contributed by atoms with Gasteiger partial charge in [0.15, 0.2) is 0 Å². The van der Waals surface area contributed by atoms with Crippen LogP contribution in [-0.2, 0) is 12.8 Å². The number of hydrogen-bond donors (Lipinski definition) is 1. The van der Waals surface area contributed by atoms with Gasteiger partial charge < -0.3 is 9.88 Å². The predicted molar refractivity (Wildman–Crippen MR) is 87.3 cm³/mol. The highest BCUT2D eigenvalue weighted by Gasteiger charge is 2.25. The highest BCUT2D eigenvalue weighted by atomic mass is 32.1. The molecule has 4 rings (SSSR count). The molecule has 1 saturated carbocycles. The average Bonchev–Trinajstić information content (AvgIpc) is 3.11. The molecule has 0 saturated heterocycles. The second kappa shape index (κ2) is 5.64. The molecule has 3 aromatic heterocycles. The molecule has 1 aliphatic rings. The Morgan fingerprint density at radius 2 is 2.27 bits per heavy atom. The van der Waals surface area contributed by atoms with E-state index in [1.807, 2.05) is 6.33 Å². The number of fused-ring (bicyclic) bond motifs is 1. The lowest BCUT2D eigenvalue weighted by atomic mass is 10.3. The van der Waals surface area contributed by atoms with E-state index in [0.29, 0.717) is 6.04 Å². The Labute approximate surface area is 132 Å². The zero-order valence-corrected chi connectivity index (χ0v) is 13.3. The van der Waals surface area contributed by atoms with Crippen LogP contribution in [0.1, 0.15) is 36.5 Å². The summed E-state index contributed by atoms with van der Waals surface area (Å²) in [5, 5.41) is 12.8. The van der Waals surface area contributed by atoms with Crippen molar-refractivity contribution in [2.75, 3.05) is 11.9 Å². The van der Waals surface area contributed by atoms with Gasteiger partial charge >= 0.3 is 0 Å². The van der Waals surface area contributed by atoms with Gasteiger partial charge in [-0.15, -0.1) is 21.5 Å². The van der Waals surface area contributed by atoms with Crippen molar-refractivity contribution in [1.82, 2.24) is 24.7 Å². The fourth-order valence-corrected chi connectivity index (χ4v) is 3.55. The lowest BCUT2D eigenvalue weighted by molar-refractivity contribution is 0.681. The van der Waals surface area contributed by atoms with Gasteiger partial charge in [0.25, 0.3) is 0 Å². The Balaban J connectivity index is 1.47.